The molecule has 1 heterocycles. The normalized spacial score (nSPS) is 10.3. The number of carbonyl (C=O) groups excluding carboxylic acids is 1. The highest BCUT2D eigenvalue weighted by molar-refractivity contribution is 9.10. The quantitative estimate of drug-likeness (QED) is 0.681. The van der Waals surface area contributed by atoms with Gasteiger partial charge in [0.2, 0.25) is 0 Å². The van der Waals surface area contributed by atoms with E-state index in [-0.39, 0.29) is 5.91 Å². The summed E-state index contributed by atoms with van der Waals surface area (Å²) in [5.41, 5.74) is 2.05. The van der Waals surface area contributed by atoms with Gasteiger partial charge < -0.3 is 10.2 Å². The van der Waals surface area contributed by atoms with Crippen molar-refractivity contribution in [3.63, 3.8) is 0 Å². The van der Waals surface area contributed by atoms with Crippen molar-refractivity contribution in [2.75, 3.05) is 16.8 Å². The summed E-state index contributed by atoms with van der Waals surface area (Å²) in [4.78, 5) is 22.9. The van der Waals surface area contributed by atoms with Crippen molar-refractivity contribution in [1.29, 1.82) is 0 Å². The molecule has 0 radical (unpaired) electrons. The van der Waals surface area contributed by atoms with Crippen LogP contribution in [0.15, 0.2) is 71.5 Å². The van der Waals surface area contributed by atoms with Gasteiger partial charge in [-0.1, -0.05) is 30.3 Å². The molecule has 0 unspecified atom stereocenters. The Kier molecular flexibility index (Phi) is 5.40. The summed E-state index contributed by atoms with van der Waals surface area (Å²) in [6, 6.07) is 18.9. The van der Waals surface area contributed by atoms with Crippen molar-refractivity contribution < 1.29 is 4.79 Å². The van der Waals surface area contributed by atoms with Crippen molar-refractivity contribution in [2.45, 2.75) is 6.92 Å². The van der Waals surface area contributed by atoms with Gasteiger partial charge in [-0.15, -0.1) is 0 Å². The van der Waals surface area contributed by atoms with Gasteiger partial charge >= 0.3 is 0 Å². The van der Waals surface area contributed by atoms with Crippen molar-refractivity contribution >= 4 is 39.0 Å². The minimum absolute atomic E-state index is 0.161. The molecule has 0 atom stereocenters. The predicted octanol–water partition coefficient (Wildman–Crippen LogP) is 4.65. The molecule has 25 heavy (non-hydrogen) atoms. The van der Waals surface area contributed by atoms with Crippen LogP contribution >= 0.6 is 15.9 Å². The standard InChI is InChI=1S/C19H17BrN4O/c1-2-24(14-8-4-3-5-9-14)19(25)17-12-18(22-13-21-17)23-16-11-7-6-10-15(16)20/h3-13H,2H2,1H3,(H,21,22,23). The fourth-order valence-electron chi connectivity index (χ4n) is 2.43. The van der Waals surface area contributed by atoms with Crippen LogP contribution in [-0.2, 0) is 0 Å². The van der Waals surface area contributed by atoms with E-state index in [0.717, 1.165) is 15.8 Å². The molecule has 0 aliphatic heterocycles. The number of rotatable bonds is 5. The number of anilines is 3. The molecule has 3 rings (SSSR count). The maximum absolute atomic E-state index is 12.8. The zero-order valence-electron chi connectivity index (χ0n) is 13.7. The molecule has 1 aromatic heterocycles. The lowest BCUT2D eigenvalue weighted by Gasteiger charge is -2.20. The van der Waals surface area contributed by atoms with Gasteiger partial charge in [0, 0.05) is 22.8 Å². The van der Waals surface area contributed by atoms with E-state index in [1.165, 1.54) is 6.33 Å². The van der Waals surface area contributed by atoms with Crippen molar-refractivity contribution in [2.24, 2.45) is 0 Å². The summed E-state index contributed by atoms with van der Waals surface area (Å²) in [5.74, 6) is 0.403. The Hall–Kier alpha value is -2.73. The SMILES string of the molecule is CCN(C(=O)c1cc(Nc2ccccc2Br)ncn1)c1ccccc1. The van der Waals surface area contributed by atoms with Gasteiger partial charge in [0.25, 0.3) is 5.91 Å². The van der Waals surface area contributed by atoms with E-state index < -0.39 is 0 Å². The molecular weight excluding hydrogens is 380 g/mol. The third-order valence-electron chi connectivity index (χ3n) is 3.65. The maximum Gasteiger partial charge on any atom is 0.277 e. The molecule has 0 aliphatic rings. The molecule has 126 valence electrons. The van der Waals surface area contributed by atoms with Crippen molar-refractivity contribution in [3.05, 3.63) is 77.2 Å². The predicted molar refractivity (Wildman–Crippen MR) is 103 cm³/mol. The Morgan fingerprint density at radius 3 is 2.52 bits per heavy atom. The first kappa shape index (κ1) is 17.1. The molecule has 0 bridgehead atoms. The van der Waals surface area contributed by atoms with Crippen LogP contribution in [-0.4, -0.2) is 22.4 Å². The monoisotopic (exact) mass is 396 g/mol. The topological polar surface area (TPSA) is 58.1 Å². The molecule has 0 aliphatic carbocycles. The first-order chi connectivity index (χ1) is 12.2. The molecule has 0 fully saturated rings. The summed E-state index contributed by atoms with van der Waals surface area (Å²) in [6.45, 7) is 2.49. The van der Waals surface area contributed by atoms with Crippen molar-refractivity contribution in [1.82, 2.24) is 9.97 Å². The summed E-state index contributed by atoms with van der Waals surface area (Å²) in [6.07, 6.45) is 1.39. The highest BCUT2D eigenvalue weighted by Crippen LogP contribution is 2.24. The van der Waals surface area contributed by atoms with E-state index in [0.29, 0.717) is 18.1 Å². The van der Waals surface area contributed by atoms with Crippen molar-refractivity contribution in [3.8, 4) is 0 Å². The maximum atomic E-state index is 12.8. The van der Waals surface area contributed by atoms with E-state index in [4.69, 9.17) is 0 Å². The number of carbonyl (C=O) groups is 1. The van der Waals surface area contributed by atoms with Crippen LogP contribution in [0.1, 0.15) is 17.4 Å². The Labute approximate surface area is 154 Å². The number of nitrogens with one attached hydrogen (secondary N) is 1. The summed E-state index contributed by atoms with van der Waals surface area (Å²) >= 11 is 3.49. The first-order valence-corrected chi connectivity index (χ1v) is 8.69. The summed E-state index contributed by atoms with van der Waals surface area (Å²) in [5, 5.41) is 3.20. The lowest BCUT2D eigenvalue weighted by molar-refractivity contribution is 0.0983. The average molecular weight is 397 g/mol. The zero-order chi connectivity index (χ0) is 17.6. The molecule has 1 amide bonds. The van der Waals surface area contributed by atoms with Crippen LogP contribution < -0.4 is 10.2 Å². The molecule has 6 heteroatoms. The van der Waals surface area contributed by atoms with Gasteiger partial charge in [0.05, 0.1) is 5.69 Å². The smallest absolute Gasteiger partial charge is 0.277 e. The number of hydrogen-bond donors (Lipinski definition) is 1. The fraction of sp³-hybridized carbons (Fsp3) is 0.105. The second kappa shape index (κ2) is 7.90. The van der Waals surface area contributed by atoms with Crippen LogP contribution in [0.3, 0.4) is 0 Å². The van der Waals surface area contributed by atoms with Gasteiger partial charge in [0.1, 0.15) is 17.8 Å². The Balaban J connectivity index is 1.85. The van der Waals surface area contributed by atoms with E-state index in [1.807, 2.05) is 61.5 Å². The lowest BCUT2D eigenvalue weighted by atomic mass is 10.2. The Bertz CT molecular complexity index is 870. The Morgan fingerprint density at radius 2 is 1.80 bits per heavy atom. The molecule has 0 saturated heterocycles. The van der Waals surface area contributed by atoms with Crippen LogP contribution in [0.25, 0.3) is 0 Å². The molecule has 5 nitrogen and oxygen atoms in total. The number of amides is 1. The van der Waals surface area contributed by atoms with Crippen LogP contribution in [0, 0.1) is 0 Å². The molecule has 0 spiro atoms. The number of benzene rings is 2. The lowest BCUT2D eigenvalue weighted by Crippen LogP contribution is -2.31. The second-order valence-electron chi connectivity index (χ2n) is 5.28. The molecule has 3 aromatic rings. The second-order valence-corrected chi connectivity index (χ2v) is 6.13. The van der Waals surface area contributed by atoms with Gasteiger partial charge in [-0.05, 0) is 47.1 Å². The zero-order valence-corrected chi connectivity index (χ0v) is 15.3. The first-order valence-electron chi connectivity index (χ1n) is 7.89. The number of halogens is 1. The minimum atomic E-state index is -0.161. The summed E-state index contributed by atoms with van der Waals surface area (Å²) in [7, 11) is 0. The largest absolute Gasteiger partial charge is 0.339 e. The van der Waals surface area contributed by atoms with Crippen LogP contribution in [0.5, 0.6) is 0 Å². The number of aromatic nitrogens is 2. The van der Waals surface area contributed by atoms with E-state index in [9.17, 15) is 4.79 Å². The third kappa shape index (κ3) is 4.03. The van der Waals surface area contributed by atoms with E-state index in [1.54, 1.807) is 11.0 Å². The fourth-order valence-corrected chi connectivity index (χ4v) is 2.82. The minimum Gasteiger partial charge on any atom is -0.339 e. The summed E-state index contributed by atoms with van der Waals surface area (Å²) < 4.78 is 0.918. The van der Waals surface area contributed by atoms with Crippen LogP contribution in [0.2, 0.25) is 0 Å². The third-order valence-corrected chi connectivity index (χ3v) is 4.34. The molecular formula is C19H17BrN4O. The highest BCUT2D eigenvalue weighted by atomic mass is 79.9. The van der Waals surface area contributed by atoms with Gasteiger partial charge in [0.15, 0.2) is 0 Å². The molecule has 1 N–H and O–H groups in total. The van der Waals surface area contributed by atoms with E-state index >= 15 is 0 Å². The van der Waals surface area contributed by atoms with Crippen LogP contribution in [0.4, 0.5) is 17.2 Å². The number of hydrogen-bond acceptors (Lipinski definition) is 4. The highest BCUT2D eigenvalue weighted by Gasteiger charge is 2.18. The number of nitrogens with zero attached hydrogens (tertiary/aromatic N) is 3. The van der Waals surface area contributed by atoms with Gasteiger partial charge in [-0.25, -0.2) is 9.97 Å². The average Bonchev–Trinajstić information content (AvgIpc) is 2.65. The van der Waals surface area contributed by atoms with Gasteiger partial charge in [-0.3, -0.25) is 4.79 Å². The van der Waals surface area contributed by atoms with Gasteiger partial charge in [-0.2, -0.15) is 0 Å². The molecule has 2 aromatic carbocycles. The Morgan fingerprint density at radius 1 is 1.08 bits per heavy atom. The number of para-hydroxylation sites is 2. The molecule has 0 saturated carbocycles. The van der Waals surface area contributed by atoms with E-state index in [2.05, 4.69) is 31.2 Å².